The van der Waals surface area contributed by atoms with Gasteiger partial charge < -0.3 is 14.6 Å². The van der Waals surface area contributed by atoms with E-state index < -0.39 is 19.2 Å². The van der Waals surface area contributed by atoms with Gasteiger partial charge in [-0.1, -0.05) is 94.5 Å². The maximum atomic E-state index is 14.9. The van der Waals surface area contributed by atoms with Gasteiger partial charge in [-0.25, -0.2) is 4.79 Å². The van der Waals surface area contributed by atoms with Crippen LogP contribution in [0, 0.1) is 18.8 Å². The average Bonchev–Trinajstić information content (AvgIpc) is 2.99. The van der Waals surface area contributed by atoms with Gasteiger partial charge in [0, 0.05) is 24.0 Å². The van der Waals surface area contributed by atoms with Gasteiger partial charge in [-0.3, -0.25) is 4.79 Å². The molecular formula is C35H50NO4PS. The Kier molecular flexibility index (Phi) is 12.6. The number of aryl methyl sites for hydroxylation is 1. The summed E-state index contributed by atoms with van der Waals surface area (Å²) in [6.07, 6.45) is 17.3. The molecule has 0 aliphatic heterocycles. The number of benzene rings is 2. The van der Waals surface area contributed by atoms with E-state index in [0.29, 0.717) is 30.0 Å². The lowest BCUT2D eigenvalue weighted by Crippen LogP contribution is -2.42. The van der Waals surface area contributed by atoms with Gasteiger partial charge in [0.15, 0.2) is 0 Å². The number of esters is 1. The Hall–Kier alpha value is -2.04. The van der Waals surface area contributed by atoms with Crippen LogP contribution in [0.25, 0.3) is 11.1 Å². The van der Waals surface area contributed by atoms with E-state index in [-0.39, 0.29) is 5.91 Å². The maximum absolute atomic E-state index is 14.9. The number of carbonyl (C=O) groups is 2. The maximum Gasteiger partial charge on any atom is 0.328 e. The molecule has 0 aromatic heterocycles. The van der Waals surface area contributed by atoms with Gasteiger partial charge in [-0.15, -0.1) is 0 Å². The van der Waals surface area contributed by atoms with Crippen molar-refractivity contribution in [3.63, 3.8) is 0 Å². The van der Waals surface area contributed by atoms with Crippen LogP contribution in [0.1, 0.15) is 92.1 Å². The second-order valence-corrected chi connectivity index (χ2v) is 16.8. The van der Waals surface area contributed by atoms with E-state index in [1.54, 1.807) is 11.8 Å². The summed E-state index contributed by atoms with van der Waals surface area (Å²) in [5, 5.41) is 2.94. The number of amides is 1. The minimum absolute atomic E-state index is 0.288. The molecule has 2 aromatic carbocycles. The molecule has 0 heterocycles. The molecule has 42 heavy (non-hydrogen) atoms. The van der Waals surface area contributed by atoms with Gasteiger partial charge in [0.1, 0.15) is 6.04 Å². The Morgan fingerprint density at radius 3 is 2.12 bits per heavy atom. The van der Waals surface area contributed by atoms with Gasteiger partial charge in [0.05, 0.1) is 14.3 Å². The van der Waals surface area contributed by atoms with E-state index >= 15 is 0 Å². The monoisotopic (exact) mass is 611 g/mol. The van der Waals surface area contributed by atoms with Crippen molar-refractivity contribution >= 4 is 30.8 Å². The smallest absolute Gasteiger partial charge is 0.328 e. The molecule has 7 heteroatoms. The zero-order valence-corrected chi connectivity index (χ0v) is 27.6. The summed E-state index contributed by atoms with van der Waals surface area (Å²) in [4.78, 5) is 26.1. The first-order valence-corrected chi connectivity index (χ1v) is 19.6. The van der Waals surface area contributed by atoms with E-state index in [0.717, 1.165) is 40.3 Å². The molecular weight excluding hydrogens is 561 g/mol. The Balaban J connectivity index is 1.66. The zero-order chi connectivity index (χ0) is 30.0. The van der Waals surface area contributed by atoms with Crippen molar-refractivity contribution < 1.29 is 18.9 Å². The van der Waals surface area contributed by atoms with E-state index in [9.17, 15) is 14.2 Å². The molecule has 4 rings (SSSR count). The fourth-order valence-corrected chi connectivity index (χ4v) is 11.4. The Morgan fingerprint density at radius 1 is 0.929 bits per heavy atom. The van der Waals surface area contributed by atoms with Crippen molar-refractivity contribution in [1.29, 1.82) is 0 Å². The topological polar surface area (TPSA) is 72.5 Å². The van der Waals surface area contributed by atoms with Crippen LogP contribution >= 0.6 is 18.9 Å². The number of carbonyl (C=O) groups excluding carboxylic acids is 2. The number of methoxy groups -OCH3 is 1. The largest absolute Gasteiger partial charge is 0.467 e. The first kappa shape index (κ1) is 32.9. The Labute approximate surface area is 257 Å². The Morgan fingerprint density at radius 2 is 1.55 bits per heavy atom. The van der Waals surface area contributed by atoms with Crippen molar-refractivity contribution in [2.45, 2.75) is 89.8 Å². The summed E-state index contributed by atoms with van der Waals surface area (Å²) in [7, 11) is -1.10. The number of nitrogens with one attached hydrogen (secondary N) is 1. The quantitative estimate of drug-likeness (QED) is 0.181. The lowest BCUT2D eigenvalue weighted by molar-refractivity contribution is -0.142. The third kappa shape index (κ3) is 9.23. The van der Waals surface area contributed by atoms with Gasteiger partial charge in [0.25, 0.3) is 5.91 Å². The van der Waals surface area contributed by atoms with Crippen molar-refractivity contribution in [3.05, 3.63) is 59.2 Å². The normalized spacial score (nSPS) is 17.5. The molecule has 0 saturated heterocycles. The standard InChI is InChI=1S/C35H50NO4PS/c1-26-12-10-11-17-30(26)32-22-29(18-19-31(32)34(37)36-33(20-21-42-3)35(38)40-2)25-41(39,23-27-13-6-4-7-14-27)24-28-15-8-5-9-16-28/h10-12,17-19,22,27-28,33H,4-9,13-16,20-21,23-25H2,1-3H3,(H,36,37)/t33-/m0/s1. The number of rotatable bonds is 13. The fraction of sp³-hybridized carbons (Fsp3) is 0.600. The van der Waals surface area contributed by atoms with Gasteiger partial charge >= 0.3 is 5.97 Å². The van der Waals surface area contributed by atoms with Crippen LogP contribution < -0.4 is 5.32 Å². The molecule has 2 aromatic rings. The molecule has 5 nitrogen and oxygen atoms in total. The highest BCUT2D eigenvalue weighted by molar-refractivity contribution is 7.98. The SMILES string of the molecule is COC(=O)[C@H](CCSC)NC(=O)c1ccc(CP(=O)(CC2CCCCC2)CC2CCCCC2)cc1-c1ccccc1C. The minimum atomic E-state index is -2.46. The van der Waals surface area contributed by atoms with Crippen LogP contribution in [-0.4, -0.2) is 49.4 Å². The summed E-state index contributed by atoms with van der Waals surface area (Å²) in [5.74, 6) is 1.17. The van der Waals surface area contributed by atoms with E-state index in [1.807, 2.05) is 36.6 Å². The fourth-order valence-electron chi connectivity index (χ4n) is 7.07. The van der Waals surface area contributed by atoms with Gasteiger partial charge in [0.2, 0.25) is 0 Å². The molecule has 0 radical (unpaired) electrons. The van der Waals surface area contributed by atoms with E-state index in [2.05, 4.69) is 24.4 Å². The predicted octanol–water partition coefficient (Wildman–Crippen LogP) is 8.71. The van der Waals surface area contributed by atoms with Crippen molar-refractivity contribution in [2.24, 2.45) is 11.8 Å². The molecule has 2 aliphatic carbocycles. The van der Waals surface area contributed by atoms with Crippen molar-refractivity contribution in [1.82, 2.24) is 5.32 Å². The number of thioether (sulfide) groups is 1. The molecule has 2 fully saturated rings. The predicted molar refractivity (Wildman–Crippen MR) is 177 cm³/mol. The second kappa shape index (κ2) is 16.1. The molecule has 0 unspecified atom stereocenters. The summed E-state index contributed by atoms with van der Waals surface area (Å²) < 4.78 is 19.9. The Bertz CT molecular complexity index is 1210. The highest BCUT2D eigenvalue weighted by atomic mass is 32.2. The van der Waals surface area contributed by atoms with E-state index in [1.165, 1.54) is 71.3 Å². The van der Waals surface area contributed by atoms with Gasteiger partial charge in [-0.2, -0.15) is 11.8 Å². The number of ether oxygens (including phenoxy) is 1. The van der Waals surface area contributed by atoms with Crippen LogP contribution in [0.5, 0.6) is 0 Å². The lowest BCUT2D eigenvalue weighted by Gasteiger charge is -2.31. The summed E-state index contributed by atoms with van der Waals surface area (Å²) in [5.41, 5.74) is 4.46. The molecule has 2 aliphatic rings. The van der Waals surface area contributed by atoms with Crippen LogP contribution in [0.4, 0.5) is 0 Å². The molecule has 0 bridgehead atoms. The number of hydrogen-bond donors (Lipinski definition) is 1. The number of hydrogen-bond acceptors (Lipinski definition) is 5. The molecule has 1 atom stereocenters. The summed E-state index contributed by atoms with van der Waals surface area (Å²) in [6.45, 7) is 2.05. The molecule has 1 amide bonds. The molecule has 2 saturated carbocycles. The summed E-state index contributed by atoms with van der Waals surface area (Å²) >= 11 is 1.63. The third-order valence-electron chi connectivity index (χ3n) is 9.27. The van der Waals surface area contributed by atoms with Crippen LogP contribution in [-0.2, 0) is 20.3 Å². The highest BCUT2D eigenvalue weighted by Gasteiger charge is 2.32. The zero-order valence-electron chi connectivity index (χ0n) is 25.9. The minimum Gasteiger partial charge on any atom is -0.467 e. The molecule has 1 N–H and O–H groups in total. The third-order valence-corrected chi connectivity index (χ3v) is 13.2. The lowest BCUT2D eigenvalue weighted by atomic mass is 9.91. The molecule has 0 spiro atoms. The van der Waals surface area contributed by atoms with Gasteiger partial charge in [-0.05, 0) is 71.6 Å². The van der Waals surface area contributed by atoms with Crippen molar-refractivity contribution in [2.75, 3.05) is 31.4 Å². The molecule has 230 valence electrons. The average molecular weight is 612 g/mol. The van der Waals surface area contributed by atoms with Crippen LogP contribution in [0.15, 0.2) is 42.5 Å². The van der Waals surface area contributed by atoms with Crippen LogP contribution in [0.3, 0.4) is 0 Å². The van der Waals surface area contributed by atoms with Crippen LogP contribution in [0.2, 0.25) is 0 Å². The first-order chi connectivity index (χ1) is 20.3. The second-order valence-electron chi connectivity index (χ2n) is 12.6. The van der Waals surface area contributed by atoms with Crippen molar-refractivity contribution in [3.8, 4) is 11.1 Å². The first-order valence-electron chi connectivity index (χ1n) is 16.0. The summed E-state index contributed by atoms with van der Waals surface area (Å²) in [6, 6.07) is 13.4. The van der Waals surface area contributed by atoms with E-state index in [4.69, 9.17) is 4.74 Å². The highest BCUT2D eigenvalue weighted by Crippen LogP contribution is 2.55.